The summed E-state index contributed by atoms with van der Waals surface area (Å²) in [5, 5.41) is 0. The summed E-state index contributed by atoms with van der Waals surface area (Å²) >= 11 is 5.70. The highest BCUT2D eigenvalue weighted by Gasteiger charge is 2.08. The zero-order chi connectivity index (χ0) is 13.5. The molecule has 2 nitrogen and oxygen atoms in total. The van der Waals surface area contributed by atoms with E-state index in [9.17, 15) is 0 Å². The molecule has 0 heterocycles. The Morgan fingerprint density at radius 1 is 1.28 bits per heavy atom. The number of aryl methyl sites for hydroxylation is 1. The van der Waals surface area contributed by atoms with Gasteiger partial charge in [0.15, 0.2) is 0 Å². The van der Waals surface area contributed by atoms with E-state index in [1.807, 2.05) is 0 Å². The summed E-state index contributed by atoms with van der Waals surface area (Å²) in [4.78, 5) is 2.18. The first-order valence-corrected chi connectivity index (χ1v) is 7.06. The SMILES string of the molecule is Cc1ccc(C(C)C)c(OCCN(C)CCCl)c1. The highest BCUT2D eigenvalue weighted by molar-refractivity contribution is 6.18. The zero-order valence-corrected chi connectivity index (χ0v) is 12.6. The van der Waals surface area contributed by atoms with Crippen LogP contribution in [0.4, 0.5) is 0 Å². The van der Waals surface area contributed by atoms with Gasteiger partial charge >= 0.3 is 0 Å². The first-order chi connectivity index (χ1) is 8.54. The lowest BCUT2D eigenvalue weighted by Crippen LogP contribution is -2.26. The molecule has 18 heavy (non-hydrogen) atoms. The molecule has 0 aliphatic heterocycles. The van der Waals surface area contributed by atoms with Crippen LogP contribution in [0.2, 0.25) is 0 Å². The minimum atomic E-state index is 0.487. The summed E-state index contributed by atoms with van der Waals surface area (Å²) in [5.74, 6) is 2.17. The van der Waals surface area contributed by atoms with Crippen LogP contribution in [0.1, 0.15) is 30.9 Å². The van der Waals surface area contributed by atoms with Crippen LogP contribution in [-0.4, -0.2) is 37.5 Å². The standard InChI is InChI=1S/C15H24ClNO/c1-12(2)14-6-5-13(3)11-15(14)18-10-9-17(4)8-7-16/h5-6,11-12H,7-10H2,1-4H3. The molecule has 1 aromatic rings. The Bertz CT molecular complexity index is 366. The van der Waals surface area contributed by atoms with E-state index in [4.69, 9.17) is 16.3 Å². The molecule has 0 saturated heterocycles. The second-order valence-electron chi connectivity index (χ2n) is 5.04. The van der Waals surface area contributed by atoms with Crippen molar-refractivity contribution < 1.29 is 4.74 Å². The number of alkyl halides is 1. The van der Waals surface area contributed by atoms with Gasteiger partial charge in [-0.15, -0.1) is 11.6 Å². The fourth-order valence-electron chi connectivity index (χ4n) is 1.81. The molecule has 0 radical (unpaired) electrons. The number of benzene rings is 1. The van der Waals surface area contributed by atoms with Gasteiger partial charge in [-0.1, -0.05) is 26.0 Å². The maximum Gasteiger partial charge on any atom is 0.123 e. The van der Waals surface area contributed by atoms with Crippen molar-refractivity contribution in [2.75, 3.05) is 32.6 Å². The fraction of sp³-hybridized carbons (Fsp3) is 0.600. The van der Waals surface area contributed by atoms with E-state index >= 15 is 0 Å². The van der Waals surface area contributed by atoms with Gasteiger partial charge in [-0.25, -0.2) is 0 Å². The quantitative estimate of drug-likeness (QED) is 0.701. The van der Waals surface area contributed by atoms with E-state index in [1.165, 1.54) is 11.1 Å². The molecule has 0 aromatic heterocycles. The van der Waals surface area contributed by atoms with Crippen LogP contribution in [0.5, 0.6) is 5.75 Å². The summed E-state index contributed by atoms with van der Waals surface area (Å²) in [7, 11) is 2.06. The van der Waals surface area contributed by atoms with E-state index in [1.54, 1.807) is 0 Å². The van der Waals surface area contributed by atoms with E-state index < -0.39 is 0 Å². The van der Waals surface area contributed by atoms with Gasteiger partial charge in [0.05, 0.1) is 0 Å². The Kier molecular flexibility index (Phi) is 6.51. The van der Waals surface area contributed by atoms with Crippen LogP contribution in [0, 0.1) is 6.92 Å². The van der Waals surface area contributed by atoms with Crippen molar-refractivity contribution in [2.45, 2.75) is 26.7 Å². The van der Waals surface area contributed by atoms with Crippen molar-refractivity contribution in [2.24, 2.45) is 0 Å². The van der Waals surface area contributed by atoms with Gasteiger partial charge in [0.2, 0.25) is 0 Å². The van der Waals surface area contributed by atoms with Crippen molar-refractivity contribution in [3.05, 3.63) is 29.3 Å². The third-order valence-corrected chi connectivity index (χ3v) is 3.16. The summed E-state index contributed by atoms with van der Waals surface area (Å²) in [6.45, 7) is 8.98. The topological polar surface area (TPSA) is 12.5 Å². The Morgan fingerprint density at radius 2 is 2.00 bits per heavy atom. The molecular formula is C15H24ClNO. The number of halogens is 1. The van der Waals surface area contributed by atoms with E-state index in [2.05, 4.69) is 50.9 Å². The average Bonchev–Trinajstić information content (AvgIpc) is 2.29. The van der Waals surface area contributed by atoms with E-state index in [0.717, 1.165) is 18.8 Å². The highest BCUT2D eigenvalue weighted by atomic mass is 35.5. The van der Waals surface area contributed by atoms with Crippen LogP contribution >= 0.6 is 11.6 Å². The molecule has 0 unspecified atom stereocenters. The van der Waals surface area contributed by atoms with Gasteiger partial charge in [0.25, 0.3) is 0 Å². The molecule has 0 N–H and O–H groups in total. The maximum absolute atomic E-state index is 5.91. The third kappa shape index (κ3) is 4.87. The Morgan fingerprint density at radius 3 is 2.61 bits per heavy atom. The molecular weight excluding hydrogens is 246 g/mol. The van der Waals surface area contributed by atoms with Gasteiger partial charge in [0, 0.05) is 19.0 Å². The molecule has 0 spiro atoms. The predicted octanol–water partition coefficient (Wildman–Crippen LogP) is 3.67. The molecule has 0 aliphatic rings. The van der Waals surface area contributed by atoms with Gasteiger partial charge in [0.1, 0.15) is 12.4 Å². The predicted molar refractivity (Wildman–Crippen MR) is 79.0 cm³/mol. The largest absolute Gasteiger partial charge is 0.492 e. The molecule has 0 aliphatic carbocycles. The monoisotopic (exact) mass is 269 g/mol. The average molecular weight is 270 g/mol. The Balaban J connectivity index is 2.58. The number of ether oxygens (including phenoxy) is 1. The molecule has 3 heteroatoms. The number of hydrogen-bond donors (Lipinski definition) is 0. The highest BCUT2D eigenvalue weighted by Crippen LogP contribution is 2.27. The normalized spacial score (nSPS) is 11.3. The minimum absolute atomic E-state index is 0.487. The van der Waals surface area contributed by atoms with E-state index in [-0.39, 0.29) is 0 Å². The van der Waals surface area contributed by atoms with Crippen LogP contribution in [0.25, 0.3) is 0 Å². The van der Waals surface area contributed by atoms with Crippen molar-refractivity contribution in [3.8, 4) is 5.75 Å². The molecule has 0 saturated carbocycles. The number of nitrogens with zero attached hydrogens (tertiary/aromatic N) is 1. The summed E-state index contributed by atoms with van der Waals surface area (Å²) in [6.07, 6.45) is 0. The summed E-state index contributed by atoms with van der Waals surface area (Å²) < 4.78 is 5.91. The molecule has 0 bridgehead atoms. The maximum atomic E-state index is 5.91. The minimum Gasteiger partial charge on any atom is -0.492 e. The zero-order valence-electron chi connectivity index (χ0n) is 11.9. The molecule has 102 valence electrons. The molecule has 0 fully saturated rings. The first-order valence-electron chi connectivity index (χ1n) is 6.52. The fourth-order valence-corrected chi connectivity index (χ4v) is 2.10. The van der Waals surface area contributed by atoms with Crippen molar-refractivity contribution >= 4 is 11.6 Å². The summed E-state index contributed by atoms with van der Waals surface area (Å²) in [5.41, 5.74) is 2.52. The smallest absolute Gasteiger partial charge is 0.123 e. The lowest BCUT2D eigenvalue weighted by Gasteiger charge is -2.18. The van der Waals surface area contributed by atoms with Gasteiger partial charge < -0.3 is 9.64 Å². The molecule has 1 rings (SSSR count). The third-order valence-electron chi connectivity index (χ3n) is 2.99. The van der Waals surface area contributed by atoms with Gasteiger partial charge in [-0.3, -0.25) is 0 Å². The first kappa shape index (κ1) is 15.3. The van der Waals surface area contributed by atoms with Crippen molar-refractivity contribution in [1.29, 1.82) is 0 Å². The molecule has 1 aromatic carbocycles. The second kappa shape index (κ2) is 7.65. The number of rotatable bonds is 7. The van der Waals surface area contributed by atoms with Crippen LogP contribution < -0.4 is 4.74 Å². The Labute approximate surface area is 116 Å². The Hall–Kier alpha value is -0.730. The van der Waals surface area contributed by atoms with Crippen molar-refractivity contribution in [3.63, 3.8) is 0 Å². The van der Waals surface area contributed by atoms with Gasteiger partial charge in [-0.2, -0.15) is 0 Å². The van der Waals surface area contributed by atoms with Crippen LogP contribution in [0.3, 0.4) is 0 Å². The van der Waals surface area contributed by atoms with Crippen LogP contribution in [0.15, 0.2) is 18.2 Å². The number of hydrogen-bond acceptors (Lipinski definition) is 2. The van der Waals surface area contributed by atoms with E-state index in [0.29, 0.717) is 18.4 Å². The van der Waals surface area contributed by atoms with Gasteiger partial charge in [-0.05, 0) is 37.1 Å². The molecule has 0 amide bonds. The molecule has 0 atom stereocenters. The van der Waals surface area contributed by atoms with Crippen molar-refractivity contribution in [1.82, 2.24) is 4.90 Å². The second-order valence-corrected chi connectivity index (χ2v) is 5.41. The lowest BCUT2D eigenvalue weighted by molar-refractivity contribution is 0.242. The lowest BCUT2D eigenvalue weighted by atomic mass is 10.0. The summed E-state index contributed by atoms with van der Waals surface area (Å²) in [6, 6.07) is 6.43. The number of likely N-dealkylation sites (N-methyl/N-ethyl adjacent to an activating group) is 1. The van der Waals surface area contributed by atoms with Crippen LogP contribution in [-0.2, 0) is 0 Å².